The predicted octanol–water partition coefficient (Wildman–Crippen LogP) is 1.98. The molecule has 3 rings (SSSR count). The van der Waals surface area contributed by atoms with Gasteiger partial charge in [0.25, 0.3) is 5.91 Å². The first kappa shape index (κ1) is 14.1. The number of nitrogens with zero attached hydrogens (tertiary/aromatic N) is 2. The number of hydrogen-bond acceptors (Lipinski definition) is 3. The van der Waals surface area contributed by atoms with Gasteiger partial charge in [-0.3, -0.25) is 14.3 Å². The third kappa shape index (κ3) is 2.94. The molecule has 2 aliphatic carbocycles. The third-order valence-electron chi connectivity index (χ3n) is 4.69. The number of carbonyl (C=O) groups excluding carboxylic acids is 1. The molecular weight excluding hydrogens is 270 g/mol. The van der Waals surface area contributed by atoms with Gasteiger partial charge in [-0.1, -0.05) is 12.8 Å². The largest absolute Gasteiger partial charge is 0.481 e. The van der Waals surface area contributed by atoms with Gasteiger partial charge in [-0.05, 0) is 38.2 Å². The number of amides is 1. The highest BCUT2D eigenvalue weighted by atomic mass is 16.4. The molecule has 2 atom stereocenters. The molecule has 21 heavy (non-hydrogen) atoms. The van der Waals surface area contributed by atoms with E-state index >= 15 is 0 Å². The van der Waals surface area contributed by atoms with E-state index in [1.807, 2.05) is 4.68 Å². The number of carboxylic acids is 1. The van der Waals surface area contributed by atoms with Crippen molar-refractivity contribution in [3.05, 3.63) is 18.0 Å². The minimum Gasteiger partial charge on any atom is -0.481 e. The maximum absolute atomic E-state index is 12.4. The van der Waals surface area contributed by atoms with Crippen molar-refractivity contribution in [3.8, 4) is 0 Å². The minimum absolute atomic E-state index is 0.0365. The second-order valence-corrected chi connectivity index (χ2v) is 6.12. The molecule has 0 spiro atoms. The van der Waals surface area contributed by atoms with E-state index in [-0.39, 0.29) is 17.9 Å². The fourth-order valence-electron chi connectivity index (χ4n) is 3.53. The molecule has 0 saturated heterocycles. The van der Waals surface area contributed by atoms with Crippen LogP contribution in [0.1, 0.15) is 61.5 Å². The Balaban J connectivity index is 1.64. The number of aromatic nitrogens is 2. The highest BCUT2D eigenvalue weighted by molar-refractivity contribution is 5.92. The van der Waals surface area contributed by atoms with Crippen LogP contribution in [0.4, 0.5) is 0 Å². The average molecular weight is 291 g/mol. The van der Waals surface area contributed by atoms with Crippen molar-refractivity contribution in [2.24, 2.45) is 5.92 Å². The van der Waals surface area contributed by atoms with Gasteiger partial charge < -0.3 is 10.4 Å². The molecule has 2 saturated carbocycles. The van der Waals surface area contributed by atoms with E-state index in [1.54, 1.807) is 12.3 Å². The van der Waals surface area contributed by atoms with Crippen LogP contribution in [-0.4, -0.2) is 32.8 Å². The quantitative estimate of drug-likeness (QED) is 0.888. The second-order valence-electron chi connectivity index (χ2n) is 6.12. The molecule has 1 amide bonds. The number of nitrogens with one attached hydrogen (secondary N) is 1. The highest BCUT2D eigenvalue weighted by Crippen LogP contribution is 2.30. The molecule has 0 aliphatic heterocycles. The number of carboxylic acid groups (broad SMARTS) is 1. The van der Waals surface area contributed by atoms with Crippen molar-refractivity contribution < 1.29 is 14.7 Å². The summed E-state index contributed by atoms with van der Waals surface area (Å²) in [5, 5.41) is 16.3. The van der Waals surface area contributed by atoms with Crippen molar-refractivity contribution in [1.82, 2.24) is 15.1 Å². The molecule has 0 unspecified atom stereocenters. The molecule has 0 aromatic carbocycles. The summed E-state index contributed by atoms with van der Waals surface area (Å²) in [4.78, 5) is 23.4. The fourth-order valence-corrected chi connectivity index (χ4v) is 3.53. The molecule has 6 nitrogen and oxygen atoms in total. The van der Waals surface area contributed by atoms with Crippen molar-refractivity contribution in [1.29, 1.82) is 0 Å². The van der Waals surface area contributed by atoms with Crippen LogP contribution in [0.2, 0.25) is 0 Å². The Morgan fingerprint density at radius 2 is 2.00 bits per heavy atom. The lowest BCUT2D eigenvalue weighted by Crippen LogP contribution is -2.35. The van der Waals surface area contributed by atoms with Crippen molar-refractivity contribution in [2.75, 3.05) is 0 Å². The van der Waals surface area contributed by atoms with Crippen LogP contribution in [0.5, 0.6) is 0 Å². The van der Waals surface area contributed by atoms with E-state index < -0.39 is 5.97 Å². The van der Waals surface area contributed by atoms with Crippen molar-refractivity contribution >= 4 is 11.9 Å². The van der Waals surface area contributed by atoms with Crippen LogP contribution in [0.15, 0.2) is 12.3 Å². The van der Waals surface area contributed by atoms with Gasteiger partial charge in [-0.15, -0.1) is 0 Å². The van der Waals surface area contributed by atoms with Crippen LogP contribution >= 0.6 is 0 Å². The Hall–Kier alpha value is -1.85. The number of aliphatic carboxylic acids is 1. The van der Waals surface area contributed by atoms with E-state index in [2.05, 4.69) is 10.4 Å². The summed E-state index contributed by atoms with van der Waals surface area (Å²) in [5.74, 6) is -1.21. The predicted molar refractivity (Wildman–Crippen MR) is 76.0 cm³/mol. The van der Waals surface area contributed by atoms with Gasteiger partial charge >= 0.3 is 5.97 Å². The first-order valence-corrected chi connectivity index (χ1v) is 7.72. The van der Waals surface area contributed by atoms with Crippen LogP contribution in [0.3, 0.4) is 0 Å². The van der Waals surface area contributed by atoms with E-state index in [4.69, 9.17) is 5.11 Å². The summed E-state index contributed by atoms with van der Waals surface area (Å²) < 4.78 is 1.84. The molecule has 2 N–H and O–H groups in total. The Labute approximate surface area is 123 Å². The third-order valence-corrected chi connectivity index (χ3v) is 4.69. The van der Waals surface area contributed by atoms with Crippen molar-refractivity contribution in [2.45, 2.75) is 57.0 Å². The van der Waals surface area contributed by atoms with E-state index in [1.165, 1.54) is 12.8 Å². The Kier molecular flexibility index (Phi) is 3.94. The van der Waals surface area contributed by atoms with E-state index in [0.717, 1.165) is 19.3 Å². The molecule has 0 bridgehead atoms. The second kappa shape index (κ2) is 5.87. The summed E-state index contributed by atoms with van der Waals surface area (Å²) in [6.07, 6.45) is 8.10. The van der Waals surface area contributed by atoms with Gasteiger partial charge in [-0.2, -0.15) is 5.10 Å². The van der Waals surface area contributed by atoms with E-state index in [9.17, 15) is 9.59 Å². The summed E-state index contributed by atoms with van der Waals surface area (Å²) >= 11 is 0. The summed E-state index contributed by atoms with van der Waals surface area (Å²) in [5.41, 5.74) is 0.598. The zero-order valence-electron chi connectivity index (χ0n) is 12.0. The molecule has 6 heteroatoms. The Morgan fingerprint density at radius 1 is 1.24 bits per heavy atom. The lowest BCUT2D eigenvalue weighted by atomic mass is 10.1. The van der Waals surface area contributed by atoms with Gasteiger partial charge in [0.05, 0.1) is 12.0 Å². The van der Waals surface area contributed by atoms with Gasteiger partial charge in [0, 0.05) is 12.2 Å². The highest BCUT2D eigenvalue weighted by Gasteiger charge is 2.31. The SMILES string of the molecule is O=C(N[C@H]1CC[C@@H](C(=O)O)C1)c1ccnn1C1CCCC1. The lowest BCUT2D eigenvalue weighted by Gasteiger charge is -2.16. The molecule has 1 aromatic rings. The Bertz CT molecular complexity index is 534. The number of carbonyl (C=O) groups is 2. The smallest absolute Gasteiger partial charge is 0.306 e. The fraction of sp³-hybridized carbons (Fsp3) is 0.667. The maximum atomic E-state index is 12.4. The zero-order chi connectivity index (χ0) is 14.8. The number of rotatable bonds is 4. The van der Waals surface area contributed by atoms with Gasteiger partial charge in [-0.25, -0.2) is 0 Å². The van der Waals surface area contributed by atoms with Crippen molar-refractivity contribution in [3.63, 3.8) is 0 Å². The minimum atomic E-state index is -0.761. The molecular formula is C15H21N3O3. The standard InChI is InChI=1S/C15H21N3O3/c19-14(17-11-6-5-10(9-11)15(20)21)13-7-8-16-18(13)12-3-1-2-4-12/h7-8,10-12H,1-6,9H2,(H,17,19)(H,20,21)/t10-,11+/m1/s1. The zero-order valence-corrected chi connectivity index (χ0v) is 12.0. The van der Waals surface area contributed by atoms with Crippen LogP contribution in [-0.2, 0) is 4.79 Å². The average Bonchev–Trinajstić information content (AvgIpc) is 3.19. The lowest BCUT2D eigenvalue weighted by molar-refractivity contribution is -0.141. The van der Waals surface area contributed by atoms with Crippen LogP contribution in [0, 0.1) is 5.92 Å². The molecule has 2 fully saturated rings. The van der Waals surface area contributed by atoms with Gasteiger partial charge in [0.2, 0.25) is 0 Å². The van der Waals surface area contributed by atoms with Gasteiger partial charge in [0.1, 0.15) is 5.69 Å². The van der Waals surface area contributed by atoms with Gasteiger partial charge in [0.15, 0.2) is 0 Å². The molecule has 2 aliphatic rings. The molecule has 114 valence electrons. The summed E-state index contributed by atoms with van der Waals surface area (Å²) in [6.45, 7) is 0. The summed E-state index contributed by atoms with van der Waals surface area (Å²) in [6, 6.07) is 2.04. The normalized spacial score (nSPS) is 26.1. The topological polar surface area (TPSA) is 84.2 Å². The first-order valence-electron chi connectivity index (χ1n) is 7.72. The Morgan fingerprint density at radius 3 is 2.67 bits per heavy atom. The van der Waals surface area contributed by atoms with E-state index in [0.29, 0.717) is 24.6 Å². The molecule has 1 heterocycles. The monoisotopic (exact) mass is 291 g/mol. The maximum Gasteiger partial charge on any atom is 0.306 e. The molecule has 0 radical (unpaired) electrons. The number of hydrogen-bond donors (Lipinski definition) is 2. The first-order chi connectivity index (χ1) is 10.1. The molecule has 1 aromatic heterocycles. The van der Waals surface area contributed by atoms with Crippen LogP contribution in [0.25, 0.3) is 0 Å². The van der Waals surface area contributed by atoms with Crippen LogP contribution < -0.4 is 5.32 Å². The summed E-state index contributed by atoms with van der Waals surface area (Å²) in [7, 11) is 0.